The van der Waals surface area contributed by atoms with Crippen molar-refractivity contribution in [3.05, 3.63) is 31.9 Å². The molecule has 0 aromatic carbocycles. The third-order valence-electron chi connectivity index (χ3n) is 5.95. The molecule has 31 heavy (non-hydrogen) atoms. The smallest absolute Gasteiger partial charge is 0.270 e. The largest absolute Gasteiger partial charge is 0.357 e. The summed E-state index contributed by atoms with van der Waals surface area (Å²) in [6, 6.07) is 2.12. The summed E-state index contributed by atoms with van der Waals surface area (Å²) in [5.41, 5.74) is 1.37. The number of nitriles is 1. The van der Waals surface area contributed by atoms with Gasteiger partial charge in [-0.1, -0.05) is 50.2 Å². The average molecular weight is 459 g/mol. The van der Waals surface area contributed by atoms with Gasteiger partial charge in [0, 0.05) is 31.7 Å². The highest BCUT2D eigenvalue weighted by molar-refractivity contribution is 8.26. The molecule has 8 heteroatoms. The number of carbonyl (C=O) groups is 1. The van der Waals surface area contributed by atoms with Crippen LogP contribution in [0.5, 0.6) is 0 Å². The van der Waals surface area contributed by atoms with Crippen LogP contribution in [0.4, 0.5) is 5.82 Å². The van der Waals surface area contributed by atoms with E-state index in [9.17, 15) is 14.9 Å². The van der Waals surface area contributed by atoms with Crippen LogP contribution in [-0.4, -0.2) is 39.3 Å². The molecule has 2 aliphatic rings. The predicted molar refractivity (Wildman–Crippen MR) is 131 cm³/mol. The molecule has 3 rings (SSSR count). The van der Waals surface area contributed by atoms with Crippen molar-refractivity contribution in [2.24, 2.45) is 0 Å². The number of thioether (sulfide) groups is 1. The monoisotopic (exact) mass is 458 g/mol. The van der Waals surface area contributed by atoms with E-state index in [0.717, 1.165) is 50.2 Å². The van der Waals surface area contributed by atoms with E-state index in [1.165, 1.54) is 24.6 Å². The fourth-order valence-electron chi connectivity index (χ4n) is 4.19. The Bertz CT molecular complexity index is 998. The summed E-state index contributed by atoms with van der Waals surface area (Å²) in [4.78, 5) is 30.6. The van der Waals surface area contributed by atoms with Crippen molar-refractivity contribution in [1.82, 2.24) is 9.47 Å². The van der Waals surface area contributed by atoms with Gasteiger partial charge in [-0.25, -0.2) is 0 Å². The van der Waals surface area contributed by atoms with Crippen LogP contribution in [0.2, 0.25) is 0 Å². The Morgan fingerprint density at radius 2 is 1.84 bits per heavy atom. The highest BCUT2D eigenvalue weighted by Crippen LogP contribution is 2.36. The number of carbonyl (C=O) groups excluding carboxylic acids is 1. The maximum atomic E-state index is 13.3. The number of rotatable bonds is 6. The van der Waals surface area contributed by atoms with Gasteiger partial charge in [-0.05, 0) is 44.7 Å². The number of thiocarbonyl (C=S) groups is 1. The molecule has 0 unspecified atom stereocenters. The van der Waals surface area contributed by atoms with Gasteiger partial charge in [-0.2, -0.15) is 5.26 Å². The number of hydrogen-bond donors (Lipinski definition) is 0. The first-order chi connectivity index (χ1) is 14.9. The average Bonchev–Trinajstić information content (AvgIpc) is 2.92. The number of anilines is 1. The summed E-state index contributed by atoms with van der Waals surface area (Å²) in [6.07, 6.45) is 8.15. The van der Waals surface area contributed by atoms with E-state index >= 15 is 0 Å². The summed E-state index contributed by atoms with van der Waals surface area (Å²) in [5.74, 6) is 0.738. The van der Waals surface area contributed by atoms with Gasteiger partial charge >= 0.3 is 0 Å². The number of hydrogen-bond acceptors (Lipinski definition) is 6. The molecule has 0 saturated carbocycles. The molecule has 3 heterocycles. The molecule has 2 saturated heterocycles. The lowest BCUT2D eigenvalue weighted by Gasteiger charge is -2.29. The van der Waals surface area contributed by atoms with E-state index in [0.29, 0.717) is 27.9 Å². The lowest BCUT2D eigenvalue weighted by molar-refractivity contribution is -0.121. The van der Waals surface area contributed by atoms with E-state index in [1.54, 1.807) is 9.47 Å². The van der Waals surface area contributed by atoms with Gasteiger partial charge in [-0.3, -0.25) is 19.1 Å². The molecule has 0 bridgehead atoms. The Kier molecular flexibility index (Phi) is 7.95. The number of aromatic nitrogens is 1. The van der Waals surface area contributed by atoms with Crippen LogP contribution in [0.25, 0.3) is 6.08 Å². The minimum Gasteiger partial charge on any atom is -0.357 e. The van der Waals surface area contributed by atoms with Crippen molar-refractivity contribution in [1.29, 1.82) is 5.26 Å². The van der Waals surface area contributed by atoms with Crippen molar-refractivity contribution in [2.45, 2.75) is 65.8 Å². The molecule has 1 amide bonds. The number of likely N-dealkylation sites (N-methyl/N-ethyl adjacent to an activating group) is 1. The van der Waals surface area contributed by atoms with Crippen molar-refractivity contribution >= 4 is 46.1 Å². The van der Waals surface area contributed by atoms with Gasteiger partial charge in [0.1, 0.15) is 21.8 Å². The topological polar surface area (TPSA) is 69.3 Å². The van der Waals surface area contributed by atoms with E-state index in [2.05, 4.69) is 17.9 Å². The molecule has 1 aromatic rings. The summed E-state index contributed by atoms with van der Waals surface area (Å²) >= 11 is 6.67. The van der Waals surface area contributed by atoms with E-state index in [4.69, 9.17) is 12.2 Å². The van der Waals surface area contributed by atoms with E-state index < -0.39 is 0 Å². The Labute approximate surface area is 193 Å². The number of pyridine rings is 1. The minimum atomic E-state index is -0.231. The summed E-state index contributed by atoms with van der Waals surface area (Å²) in [5, 5.41) is 9.76. The fourth-order valence-corrected chi connectivity index (χ4v) is 5.56. The second-order valence-corrected chi connectivity index (χ2v) is 9.66. The summed E-state index contributed by atoms with van der Waals surface area (Å²) in [7, 11) is 0. The van der Waals surface area contributed by atoms with Gasteiger partial charge in [0.05, 0.1) is 4.91 Å². The van der Waals surface area contributed by atoms with Crippen molar-refractivity contribution in [3.8, 4) is 6.07 Å². The quantitative estimate of drug-likeness (QED) is 0.464. The molecule has 0 atom stereocenters. The normalized spacial score (nSPS) is 18.6. The van der Waals surface area contributed by atoms with Gasteiger partial charge in [-0.15, -0.1) is 0 Å². The molecule has 0 radical (unpaired) electrons. The third kappa shape index (κ3) is 4.73. The lowest BCUT2D eigenvalue weighted by Crippen LogP contribution is -2.35. The Morgan fingerprint density at radius 1 is 1.16 bits per heavy atom. The molecular formula is C23H30N4O2S2. The molecule has 0 spiro atoms. The zero-order valence-corrected chi connectivity index (χ0v) is 20.2. The van der Waals surface area contributed by atoms with Crippen LogP contribution in [-0.2, 0) is 11.3 Å². The zero-order valence-electron chi connectivity index (χ0n) is 18.6. The second kappa shape index (κ2) is 10.5. The maximum absolute atomic E-state index is 13.3. The molecule has 2 fully saturated rings. The van der Waals surface area contributed by atoms with Crippen LogP contribution in [0.15, 0.2) is 9.70 Å². The highest BCUT2D eigenvalue weighted by atomic mass is 32.2. The highest BCUT2D eigenvalue weighted by Gasteiger charge is 2.32. The predicted octanol–water partition coefficient (Wildman–Crippen LogP) is 4.43. The van der Waals surface area contributed by atoms with Crippen LogP contribution < -0.4 is 10.5 Å². The first kappa shape index (κ1) is 23.6. The third-order valence-corrected chi connectivity index (χ3v) is 7.33. The second-order valence-electron chi connectivity index (χ2n) is 7.99. The standard InChI is InChI=1S/C23H30N4O2S2/c1-4-6-13-27-20(25-11-9-7-8-10-12-25)17(16(3)18(15-24)21(27)28)14-19-22(29)26(5-2)23(30)31-19/h14H,4-13H2,1-3H3/b19-14+. The lowest BCUT2D eigenvalue weighted by atomic mass is 10.0. The Balaban J connectivity index is 2.26. The minimum absolute atomic E-state index is 0.108. The SMILES string of the molecule is CCCCn1c(N2CCCCCC2)c(/C=C2/SC(=S)N(CC)C2=O)c(C)c(C#N)c1=O. The molecule has 6 nitrogen and oxygen atoms in total. The van der Waals surface area contributed by atoms with Crippen LogP contribution in [0, 0.1) is 18.3 Å². The summed E-state index contributed by atoms with van der Waals surface area (Å²) in [6.45, 7) is 8.64. The van der Waals surface area contributed by atoms with Crippen LogP contribution in [0.3, 0.4) is 0 Å². The van der Waals surface area contributed by atoms with Crippen molar-refractivity contribution in [2.75, 3.05) is 24.5 Å². The fraction of sp³-hybridized carbons (Fsp3) is 0.565. The van der Waals surface area contributed by atoms with Gasteiger partial charge in [0.2, 0.25) is 0 Å². The molecule has 1 aromatic heterocycles. The van der Waals surface area contributed by atoms with Gasteiger partial charge in [0.15, 0.2) is 0 Å². The number of unbranched alkanes of at least 4 members (excludes halogenated alkanes) is 1. The van der Waals surface area contributed by atoms with Crippen LogP contribution in [0.1, 0.15) is 69.1 Å². The Hall–Kier alpha value is -2.11. The van der Waals surface area contributed by atoms with Gasteiger partial charge in [0.25, 0.3) is 11.5 Å². The molecule has 166 valence electrons. The van der Waals surface area contributed by atoms with Gasteiger partial charge < -0.3 is 4.90 Å². The molecule has 0 aliphatic carbocycles. The molecule has 0 N–H and O–H groups in total. The zero-order chi connectivity index (χ0) is 22.5. The Morgan fingerprint density at radius 3 is 2.39 bits per heavy atom. The van der Waals surface area contributed by atoms with Crippen molar-refractivity contribution < 1.29 is 4.79 Å². The van der Waals surface area contributed by atoms with E-state index in [-0.39, 0.29) is 17.0 Å². The first-order valence-electron chi connectivity index (χ1n) is 11.1. The molecular weight excluding hydrogens is 428 g/mol. The van der Waals surface area contributed by atoms with Crippen molar-refractivity contribution in [3.63, 3.8) is 0 Å². The number of nitrogens with zero attached hydrogens (tertiary/aromatic N) is 4. The van der Waals surface area contributed by atoms with E-state index in [1.807, 2.05) is 19.9 Å². The molecule has 2 aliphatic heterocycles. The first-order valence-corrected chi connectivity index (χ1v) is 12.3. The summed E-state index contributed by atoms with van der Waals surface area (Å²) < 4.78 is 2.32. The number of amides is 1. The van der Waals surface area contributed by atoms with Crippen LogP contribution >= 0.6 is 24.0 Å². The maximum Gasteiger partial charge on any atom is 0.270 e.